The van der Waals surface area contributed by atoms with Crippen LogP contribution < -0.4 is 0 Å². The molecule has 4 heteroatoms. The SMILES string of the molecule is CC(C)(C)c1ncncc1C(=O)c1ccc(Cl)cc1. The zero-order chi connectivity index (χ0) is 14.0. The molecular weight excluding hydrogens is 260 g/mol. The average molecular weight is 275 g/mol. The predicted molar refractivity (Wildman–Crippen MR) is 75.6 cm³/mol. The van der Waals surface area contributed by atoms with Gasteiger partial charge in [-0.15, -0.1) is 0 Å². The molecule has 98 valence electrons. The first-order valence-electron chi connectivity index (χ1n) is 6.00. The van der Waals surface area contributed by atoms with E-state index >= 15 is 0 Å². The van der Waals surface area contributed by atoms with Crippen LogP contribution in [-0.2, 0) is 5.41 Å². The number of carbonyl (C=O) groups excluding carboxylic acids is 1. The molecule has 0 fully saturated rings. The molecule has 1 aromatic carbocycles. The highest BCUT2D eigenvalue weighted by Gasteiger charge is 2.24. The van der Waals surface area contributed by atoms with Crippen molar-refractivity contribution in [3.63, 3.8) is 0 Å². The lowest BCUT2D eigenvalue weighted by molar-refractivity contribution is 0.103. The van der Waals surface area contributed by atoms with Crippen LogP contribution in [0.25, 0.3) is 0 Å². The predicted octanol–water partition coefficient (Wildman–Crippen LogP) is 3.66. The number of rotatable bonds is 2. The lowest BCUT2D eigenvalue weighted by atomic mass is 9.87. The molecule has 19 heavy (non-hydrogen) atoms. The summed E-state index contributed by atoms with van der Waals surface area (Å²) in [6.45, 7) is 6.07. The molecule has 0 N–H and O–H groups in total. The van der Waals surface area contributed by atoms with Crippen molar-refractivity contribution in [3.05, 3.63) is 58.6 Å². The van der Waals surface area contributed by atoms with Gasteiger partial charge in [-0.25, -0.2) is 9.97 Å². The number of halogens is 1. The summed E-state index contributed by atoms with van der Waals surface area (Å²) in [5, 5.41) is 0.608. The average Bonchev–Trinajstić information content (AvgIpc) is 2.38. The molecule has 0 aliphatic carbocycles. The molecule has 2 aromatic rings. The molecular formula is C15H15ClN2O. The van der Waals surface area contributed by atoms with Gasteiger partial charge in [0, 0.05) is 22.2 Å². The van der Waals surface area contributed by atoms with Gasteiger partial charge in [-0.2, -0.15) is 0 Å². The van der Waals surface area contributed by atoms with Crippen molar-refractivity contribution in [3.8, 4) is 0 Å². The molecule has 1 aromatic heterocycles. The summed E-state index contributed by atoms with van der Waals surface area (Å²) in [5.74, 6) is -0.0813. The monoisotopic (exact) mass is 274 g/mol. The van der Waals surface area contributed by atoms with E-state index < -0.39 is 0 Å². The van der Waals surface area contributed by atoms with Crippen LogP contribution in [0.1, 0.15) is 42.4 Å². The first kappa shape index (κ1) is 13.7. The quantitative estimate of drug-likeness (QED) is 0.785. The smallest absolute Gasteiger partial charge is 0.196 e. The standard InChI is InChI=1S/C15H15ClN2O/c1-15(2,3)14-12(8-17-9-18-14)13(19)10-4-6-11(16)7-5-10/h4-9H,1-3H3. The fraction of sp³-hybridized carbons (Fsp3) is 0.267. The van der Waals surface area contributed by atoms with Gasteiger partial charge in [-0.1, -0.05) is 32.4 Å². The van der Waals surface area contributed by atoms with Crippen molar-refractivity contribution < 1.29 is 4.79 Å². The molecule has 0 spiro atoms. The Hall–Kier alpha value is -1.74. The fourth-order valence-corrected chi connectivity index (χ4v) is 1.98. The largest absolute Gasteiger partial charge is 0.288 e. The Labute approximate surface area is 117 Å². The summed E-state index contributed by atoms with van der Waals surface area (Å²) in [5.41, 5.74) is 1.67. The maximum absolute atomic E-state index is 12.5. The molecule has 2 rings (SSSR count). The number of ketones is 1. The molecule has 0 saturated carbocycles. The van der Waals surface area contributed by atoms with Crippen molar-refractivity contribution in [2.24, 2.45) is 0 Å². The zero-order valence-corrected chi connectivity index (χ0v) is 11.9. The highest BCUT2D eigenvalue weighted by molar-refractivity contribution is 6.30. The molecule has 0 radical (unpaired) electrons. The van der Waals surface area contributed by atoms with Gasteiger partial charge in [0.1, 0.15) is 6.33 Å². The number of aromatic nitrogens is 2. The van der Waals surface area contributed by atoms with Gasteiger partial charge in [-0.05, 0) is 24.3 Å². The van der Waals surface area contributed by atoms with Crippen molar-refractivity contribution >= 4 is 17.4 Å². The lowest BCUT2D eigenvalue weighted by Crippen LogP contribution is -2.19. The third-order valence-electron chi connectivity index (χ3n) is 2.77. The number of nitrogens with zero attached hydrogens (tertiary/aromatic N) is 2. The van der Waals surface area contributed by atoms with Crippen LogP contribution in [0.3, 0.4) is 0 Å². The first-order chi connectivity index (χ1) is 8.89. The summed E-state index contributed by atoms with van der Waals surface area (Å²) >= 11 is 5.83. The maximum Gasteiger partial charge on any atom is 0.196 e. The van der Waals surface area contributed by atoms with Gasteiger partial charge in [0.25, 0.3) is 0 Å². The molecule has 1 heterocycles. The van der Waals surface area contributed by atoms with Gasteiger partial charge in [0.05, 0.1) is 11.3 Å². The normalized spacial score (nSPS) is 11.4. The highest BCUT2D eigenvalue weighted by Crippen LogP contribution is 2.25. The third kappa shape index (κ3) is 2.99. The van der Waals surface area contributed by atoms with E-state index in [0.717, 1.165) is 5.69 Å². The van der Waals surface area contributed by atoms with Gasteiger partial charge in [0.15, 0.2) is 5.78 Å². The van der Waals surface area contributed by atoms with Gasteiger partial charge in [-0.3, -0.25) is 4.79 Å². The van der Waals surface area contributed by atoms with Gasteiger partial charge < -0.3 is 0 Å². The number of hydrogen-bond acceptors (Lipinski definition) is 3. The van der Waals surface area contributed by atoms with E-state index in [9.17, 15) is 4.79 Å². The molecule has 0 atom stereocenters. The Balaban J connectivity index is 2.48. The Morgan fingerprint density at radius 3 is 2.37 bits per heavy atom. The Kier molecular flexibility index (Phi) is 3.67. The highest BCUT2D eigenvalue weighted by atomic mass is 35.5. The van der Waals surface area contributed by atoms with E-state index in [1.54, 1.807) is 30.5 Å². The van der Waals surface area contributed by atoms with Crippen molar-refractivity contribution in [1.82, 2.24) is 9.97 Å². The second kappa shape index (κ2) is 5.10. The summed E-state index contributed by atoms with van der Waals surface area (Å²) in [6, 6.07) is 6.83. The molecule has 3 nitrogen and oxygen atoms in total. The van der Waals surface area contributed by atoms with Crippen LogP contribution in [-0.4, -0.2) is 15.8 Å². The van der Waals surface area contributed by atoms with Crippen LogP contribution in [0.5, 0.6) is 0 Å². The minimum absolute atomic E-state index is 0.0813. The molecule has 0 unspecified atom stereocenters. The molecule has 0 aliphatic heterocycles. The summed E-state index contributed by atoms with van der Waals surface area (Å²) < 4.78 is 0. The number of benzene rings is 1. The van der Waals surface area contributed by atoms with E-state index in [1.807, 2.05) is 20.8 Å². The molecule has 0 bridgehead atoms. The summed E-state index contributed by atoms with van der Waals surface area (Å²) in [6.07, 6.45) is 3.05. The fourth-order valence-electron chi connectivity index (χ4n) is 1.85. The Bertz CT molecular complexity index is 600. The van der Waals surface area contributed by atoms with E-state index in [4.69, 9.17) is 11.6 Å². The minimum atomic E-state index is -0.208. The Morgan fingerprint density at radius 2 is 1.79 bits per heavy atom. The van der Waals surface area contributed by atoms with E-state index in [0.29, 0.717) is 16.1 Å². The van der Waals surface area contributed by atoms with Crippen molar-refractivity contribution in [2.45, 2.75) is 26.2 Å². The van der Waals surface area contributed by atoms with E-state index in [-0.39, 0.29) is 11.2 Å². The summed E-state index contributed by atoms with van der Waals surface area (Å²) in [7, 11) is 0. The van der Waals surface area contributed by atoms with Crippen LogP contribution in [0, 0.1) is 0 Å². The molecule has 0 amide bonds. The third-order valence-corrected chi connectivity index (χ3v) is 3.03. The summed E-state index contributed by atoms with van der Waals surface area (Å²) in [4.78, 5) is 20.7. The van der Waals surface area contributed by atoms with Crippen molar-refractivity contribution in [1.29, 1.82) is 0 Å². The first-order valence-corrected chi connectivity index (χ1v) is 6.38. The molecule has 0 saturated heterocycles. The second-order valence-electron chi connectivity index (χ2n) is 5.37. The lowest BCUT2D eigenvalue weighted by Gasteiger charge is -2.20. The van der Waals surface area contributed by atoms with Crippen LogP contribution in [0.2, 0.25) is 5.02 Å². The van der Waals surface area contributed by atoms with Crippen molar-refractivity contribution in [2.75, 3.05) is 0 Å². The zero-order valence-electron chi connectivity index (χ0n) is 11.1. The van der Waals surface area contributed by atoms with Crippen LogP contribution >= 0.6 is 11.6 Å². The second-order valence-corrected chi connectivity index (χ2v) is 5.81. The molecule has 0 aliphatic rings. The van der Waals surface area contributed by atoms with E-state index in [2.05, 4.69) is 9.97 Å². The van der Waals surface area contributed by atoms with Crippen LogP contribution in [0.4, 0.5) is 0 Å². The van der Waals surface area contributed by atoms with Crippen LogP contribution in [0.15, 0.2) is 36.8 Å². The van der Waals surface area contributed by atoms with E-state index in [1.165, 1.54) is 6.33 Å². The number of hydrogen-bond donors (Lipinski definition) is 0. The van der Waals surface area contributed by atoms with Gasteiger partial charge >= 0.3 is 0 Å². The maximum atomic E-state index is 12.5. The Morgan fingerprint density at radius 1 is 1.16 bits per heavy atom. The van der Waals surface area contributed by atoms with Gasteiger partial charge in [0.2, 0.25) is 0 Å². The topological polar surface area (TPSA) is 42.9 Å². The minimum Gasteiger partial charge on any atom is -0.288 e. The number of carbonyl (C=O) groups is 1.